The van der Waals surface area contributed by atoms with E-state index in [-0.39, 0.29) is 23.8 Å². The molecule has 0 unspecified atom stereocenters. The summed E-state index contributed by atoms with van der Waals surface area (Å²) in [4.78, 5) is 27.0. The Kier molecular flexibility index (Phi) is 6.11. The van der Waals surface area contributed by atoms with E-state index in [0.29, 0.717) is 43.8 Å². The van der Waals surface area contributed by atoms with Gasteiger partial charge in [0.05, 0.1) is 13.7 Å². The molecular formula is C20H26N4O3. The zero-order valence-corrected chi connectivity index (χ0v) is 15.8. The first-order valence-corrected chi connectivity index (χ1v) is 9.28. The number of aromatic nitrogens is 2. The van der Waals surface area contributed by atoms with Crippen LogP contribution in [0.5, 0.6) is 5.75 Å². The third-order valence-corrected chi connectivity index (χ3v) is 4.88. The Morgan fingerprint density at radius 1 is 1.30 bits per heavy atom. The number of hydrogen-bond donors (Lipinski definition) is 1. The first-order valence-electron chi connectivity index (χ1n) is 9.28. The molecule has 3 rings (SSSR count). The molecule has 1 aromatic heterocycles. The van der Waals surface area contributed by atoms with Gasteiger partial charge in [-0.1, -0.05) is 6.07 Å². The van der Waals surface area contributed by atoms with Crippen LogP contribution in [0.2, 0.25) is 0 Å². The highest BCUT2D eigenvalue weighted by molar-refractivity contribution is 5.94. The molecule has 144 valence electrons. The van der Waals surface area contributed by atoms with Crippen LogP contribution in [0.25, 0.3) is 0 Å². The molecule has 1 N–H and O–H groups in total. The van der Waals surface area contributed by atoms with Crippen molar-refractivity contribution in [2.75, 3.05) is 20.2 Å². The summed E-state index contributed by atoms with van der Waals surface area (Å²) in [7, 11) is 1.58. The van der Waals surface area contributed by atoms with Crippen molar-refractivity contribution >= 4 is 11.8 Å². The van der Waals surface area contributed by atoms with E-state index in [1.807, 2.05) is 36.2 Å². The number of rotatable bonds is 6. The number of carbonyl (C=O) groups is 2. The standard InChI is InChI=1S/C20H26N4O3/c1-15(14-24-10-4-9-21-24)22-19(25)16-7-11-23(12-8-16)20(26)17-5-3-6-18(13-17)27-2/h3-6,9-10,13,15-16H,7-8,11-12,14H2,1-2H3,(H,22,25)/t15-/m0/s1. The van der Waals surface area contributed by atoms with Crippen molar-refractivity contribution in [3.8, 4) is 5.75 Å². The minimum absolute atomic E-state index is 0.00819. The number of benzene rings is 1. The van der Waals surface area contributed by atoms with Crippen LogP contribution in [0.15, 0.2) is 42.7 Å². The molecule has 2 aromatic rings. The van der Waals surface area contributed by atoms with E-state index in [4.69, 9.17) is 4.74 Å². The first kappa shape index (κ1) is 18.9. The molecule has 0 aliphatic carbocycles. The van der Waals surface area contributed by atoms with Crippen molar-refractivity contribution in [3.63, 3.8) is 0 Å². The summed E-state index contributed by atoms with van der Waals surface area (Å²) >= 11 is 0. The van der Waals surface area contributed by atoms with E-state index < -0.39 is 0 Å². The van der Waals surface area contributed by atoms with Crippen LogP contribution in [0, 0.1) is 5.92 Å². The normalized spacial score (nSPS) is 16.0. The maximum Gasteiger partial charge on any atom is 0.253 e. The molecule has 1 saturated heterocycles. The molecule has 1 atom stereocenters. The lowest BCUT2D eigenvalue weighted by Gasteiger charge is -2.32. The molecule has 1 aliphatic rings. The van der Waals surface area contributed by atoms with Crippen LogP contribution in [-0.2, 0) is 11.3 Å². The Morgan fingerprint density at radius 3 is 2.74 bits per heavy atom. The number of methoxy groups -OCH3 is 1. The van der Waals surface area contributed by atoms with Gasteiger partial charge in [0.2, 0.25) is 5.91 Å². The highest BCUT2D eigenvalue weighted by atomic mass is 16.5. The molecule has 7 heteroatoms. The largest absolute Gasteiger partial charge is 0.497 e. The Bertz CT molecular complexity index is 767. The van der Waals surface area contributed by atoms with E-state index in [0.717, 1.165) is 0 Å². The zero-order valence-electron chi connectivity index (χ0n) is 15.8. The van der Waals surface area contributed by atoms with Gasteiger partial charge < -0.3 is 15.0 Å². The average molecular weight is 370 g/mol. The maximum absolute atomic E-state index is 12.7. The van der Waals surface area contributed by atoms with E-state index in [1.165, 1.54) is 0 Å². The SMILES string of the molecule is COc1cccc(C(=O)N2CCC(C(=O)N[C@@H](C)Cn3cccn3)CC2)c1. The molecule has 0 spiro atoms. The molecule has 1 fully saturated rings. The summed E-state index contributed by atoms with van der Waals surface area (Å²) in [6.07, 6.45) is 4.96. The van der Waals surface area contributed by atoms with E-state index >= 15 is 0 Å². The van der Waals surface area contributed by atoms with E-state index in [9.17, 15) is 9.59 Å². The number of ether oxygens (including phenoxy) is 1. The van der Waals surface area contributed by atoms with Crippen molar-refractivity contribution < 1.29 is 14.3 Å². The second kappa shape index (κ2) is 8.70. The van der Waals surface area contributed by atoms with E-state index in [1.54, 1.807) is 30.1 Å². The smallest absolute Gasteiger partial charge is 0.253 e. The zero-order chi connectivity index (χ0) is 19.2. The van der Waals surface area contributed by atoms with Gasteiger partial charge in [-0.25, -0.2) is 0 Å². The van der Waals surface area contributed by atoms with Crippen LogP contribution < -0.4 is 10.1 Å². The van der Waals surface area contributed by atoms with Crippen LogP contribution in [0.4, 0.5) is 0 Å². The summed E-state index contributed by atoms with van der Waals surface area (Å²) in [5, 5.41) is 7.22. The molecule has 2 heterocycles. The number of nitrogens with one attached hydrogen (secondary N) is 1. The van der Waals surface area contributed by atoms with Gasteiger partial charge in [0.25, 0.3) is 5.91 Å². The maximum atomic E-state index is 12.7. The van der Waals surface area contributed by atoms with Gasteiger partial charge in [0.1, 0.15) is 5.75 Å². The summed E-state index contributed by atoms with van der Waals surface area (Å²) in [6, 6.07) is 9.04. The fourth-order valence-electron chi connectivity index (χ4n) is 3.38. The van der Waals surface area contributed by atoms with Gasteiger partial charge >= 0.3 is 0 Å². The minimum atomic E-state index is -0.0561. The summed E-state index contributed by atoms with van der Waals surface area (Å²) in [6.45, 7) is 3.79. The molecule has 0 bridgehead atoms. The quantitative estimate of drug-likeness (QED) is 0.843. The van der Waals surface area contributed by atoms with Crippen LogP contribution in [0.1, 0.15) is 30.1 Å². The molecule has 7 nitrogen and oxygen atoms in total. The number of nitrogens with zero attached hydrogens (tertiary/aromatic N) is 3. The Labute approximate surface area is 159 Å². The van der Waals surface area contributed by atoms with Gasteiger partial charge in [0, 0.05) is 43.0 Å². The number of likely N-dealkylation sites (tertiary alicyclic amines) is 1. The monoisotopic (exact) mass is 370 g/mol. The molecule has 1 aliphatic heterocycles. The predicted molar refractivity (Wildman–Crippen MR) is 101 cm³/mol. The van der Waals surface area contributed by atoms with Crippen LogP contribution in [0.3, 0.4) is 0 Å². The third-order valence-electron chi connectivity index (χ3n) is 4.88. The second-order valence-corrected chi connectivity index (χ2v) is 6.94. The Morgan fingerprint density at radius 2 is 2.07 bits per heavy atom. The summed E-state index contributed by atoms with van der Waals surface area (Å²) < 4.78 is 6.99. The van der Waals surface area contributed by atoms with Gasteiger partial charge in [-0.2, -0.15) is 5.10 Å². The average Bonchev–Trinajstić information content (AvgIpc) is 3.20. The third kappa shape index (κ3) is 4.87. The lowest BCUT2D eigenvalue weighted by atomic mass is 9.95. The van der Waals surface area contributed by atoms with Gasteiger partial charge in [-0.3, -0.25) is 14.3 Å². The lowest BCUT2D eigenvalue weighted by Crippen LogP contribution is -2.45. The summed E-state index contributed by atoms with van der Waals surface area (Å²) in [5.74, 6) is 0.656. The molecule has 1 aromatic carbocycles. The number of hydrogen-bond acceptors (Lipinski definition) is 4. The van der Waals surface area contributed by atoms with Gasteiger partial charge in [-0.05, 0) is 44.0 Å². The molecule has 27 heavy (non-hydrogen) atoms. The highest BCUT2D eigenvalue weighted by Crippen LogP contribution is 2.21. The van der Waals surface area contributed by atoms with Crippen molar-refractivity contribution in [1.29, 1.82) is 0 Å². The fraction of sp³-hybridized carbons (Fsp3) is 0.450. The molecule has 0 radical (unpaired) electrons. The molecule has 2 amide bonds. The second-order valence-electron chi connectivity index (χ2n) is 6.94. The van der Waals surface area contributed by atoms with Crippen LogP contribution in [-0.4, -0.2) is 52.7 Å². The fourth-order valence-corrected chi connectivity index (χ4v) is 3.38. The highest BCUT2D eigenvalue weighted by Gasteiger charge is 2.28. The van der Waals surface area contributed by atoms with Crippen LogP contribution >= 0.6 is 0 Å². The first-order chi connectivity index (χ1) is 13.1. The van der Waals surface area contributed by atoms with Crippen molar-refractivity contribution in [1.82, 2.24) is 20.0 Å². The van der Waals surface area contributed by atoms with Gasteiger partial charge in [0.15, 0.2) is 0 Å². The van der Waals surface area contributed by atoms with Crippen molar-refractivity contribution in [3.05, 3.63) is 48.3 Å². The Balaban J connectivity index is 1.49. The van der Waals surface area contributed by atoms with E-state index in [2.05, 4.69) is 10.4 Å². The van der Waals surface area contributed by atoms with Crippen molar-refractivity contribution in [2.45, 2.75) is 32.4 Å². The van der Waals surface area contributed by atoms with Crippen molar-refractivity contribution in [2.24, 2.45) is 5.92 Å². The molecule has 0 saturated carbocycles. The minimum Gasteiger partial charge on any atom is -0.497 e. The lowest BCUT2D eigenvalue weighted by molar-refractivity contribution is -0.127. The predicted octanol–water partition coefficient (Wildman–Crippen LogP) is 1.95. The number of piperidine rings is 1. The number of amides is 2. The molecular weight excluding hydrogens is 344 g/mol. The Hall–Kier alpha value is -2.83. The topological polar surface area (TPSA) is 76.5 Å². The summed E-state index contributed by atoms with van der Waals surface area (Å²) in [5.41, 5.74) is 0.616. The van der Waals surface area contributed by atoms with Gasteiger partial charge in [-0.15, -0.1) is 0 Å². The number of carbonyl (C=O) groups excluding carboxylic acids is 2.